The molecule has 0 fully saturated rings. The first-order chi connectivity index (χ1) is 32.0. The Morgan fingerprint density at radius 1 is 0.712 bits per heavy atom. The topological polar surface area (TPSA) is 118 Å². The number of benzene rings is 4. The predicted molar refractivity (Wildman–Crippen MR) is 267 cm³/mol. The van der Waals surface area contributed by atoms with E-state index in [1.54, 1.807) is 31.4 Å². The van der Waals surface area contributed by atoms with Crippen LogP contribution >= 0.6 is 0 Å². The summed E-state index contributed by atoms with van der Waals surface area (Å²) in [6.07, 6.45) is 11.5. The van der Waals surface area contributed by atoms with Crippen LogP contribution in [0.15, 0.2) is 101 Å². The molecule has 0 aliphatic heterocycles. The molecule has 0 radical (unpaired) electrons. The van der Waals surface area contributed by atoms with Crippen molar-refractivity contribution in [1.82, 2.24) is 4.98 Å². The molecule has 66 heavy (non-hydrogen) atoms. The van der Waals surface area contributed by atoms with Crippen LogP contribution < -0.4 is 18.9 Å². The van der Waals surface area contributed by atoms with Gasteiger partial charge in [-0.05, 0) is 103 Å². The minimum Gasteiger partial charge on any atom is -0.493 e. The third kappa shape index (κ3) is 13.5. The van der Waals surface area contributed by atoms with Gasteiger partial charge in [-0.2, -0.15) is 0 Å². The van der Waals surface area contributed by atoms with Crippen LogP contribution in [0.1, 0.15) is 121 Å². The SMILES string of the molecule is C=C(C)c1cc(OC)c(OCc2cc(C(=O)OC)cc(COc3cc(N=CC(Cc4ccccc4CC)C(C)CC)c(C=O)cc3OC)n2)cc1N=CC(CCC)Cc1ccccc1CC. The highest BCUT2D eigenvalue weighted by Gasteiger charge is 2.20. The second-order valence-electron chi connectivity index (χ2n) is 16.7. The molecule has 0 amide bonds. The normalized spacial score (nSPS) is 12.7. The lowest BCUT2D eigenvalue weighted by Gasteiger charge is -2.21. The summed E-state index contributed by atoms with van der Waals surface area (Å²) < 4.78 is 29.3. The van der Waals surface area contributed by atoms with E-state index in [0.717, 1.165) is 62.4 Å². The number of hydrogen-bond acceptors (Lipinski definition) is 10. The van der Waals surface area contributed by atoms with Crippen molar-refractivity contribution >= 4 is 41.6 Å². The highest BCUT2D eigenvalue weighted by Crippen LogP contribution is 2.39. The fourth-order valence-corrected chi connectivity index (χ4v) is 8.06. The molecule has 1 aromatic heterocycles. The van der Waals surface area contributed by atoms with Gasteiger partial charge < -0.3 is 23.7 Å². The molecule has 4 aromatic carbocycles. The van der Waals surface area contributed by atoms with Crippen LogP contribution in [0.3, 0.4) is 0 Å². The van der Waals surface area contributed by atoms with Crippen molar-refractivity contribution in [1.29, 1.82) is 0 Å². The average Bonchev–Trinajstić information content (AvgIpc) is 3.34. The minimum absolute atomic E-state index is 0.00762. The number of aldehydes is 1. The number of pyridine rings is 1. The Bertz CT molecular complexity index is 2490. The van der Waals surface area contributed by atoms with Crippen molar-refractivity contribution in [3.8, 4) is 23.0 Å². The van der Waals surface area contributed by atoms with Gasteiger partial charge in [-0.15, -0.1) is 0 Å². The van der Waals surface area contributed by atoms with Crippen LogP contribution in [0.4, 0.5) is 11.4 Å². The summed E-state index contributed by atoms with van der Waals surface area (Å²) in [5, 5.41) is 0. The number of aryl methyl sites for hydroxylation is 2. The fraction of sp³-hybridized carbons (Fsp3) is 0.375. The number of methoxy groups -OCH3 is 3. The van der Waals surface area contributed by atoms with E-state index in [1.165, 1.54) is 36.5 Å². The van der Waals surface area contributed by atoms with E-state index >= 15 is 0 Å². The van der Waals surface area contributed by atoms with E-state index in [2.05, 4.69) is 95.9 Å². The average molecular weight is 894 g/mol. The van der Waals surface area contributed by atoms with E-state index in [0.29, 0.717) is 57.2 Å². The highest BCUT2D eigenvalue weighted by atomic mass is 16.5. The molecule has 0 spiro atoms. The Kier molecular flexibility index (Phi) is 19.3. The molecule has 0 saturated carbocycles. The Morgan fingerprint density at radius 2 is 1.26 bits per heavy atom. The maximum atomic E-state index is 13.0. The Balaban J connectivity index is 1.41. The second-order valence-corrected chi connectivity index (χ2v) is 16.7. The molecule has 10 nitrogen and oxygen atoms in total. The highest BCUT2D eigenvalue weighted by molar-refractivity contribution is 5.89. The zero-order valence-corrected chi connectivity index (χ0v) is 40.3. The Hall–Kier alpha value is -6.55. The molecule has 0 aliphatic rings. The third-order valence-corrected chi connectivity index (χ3v) is 12.1. The lowest BCUT2D eigenvalue weighted by atomic mass is 9.85. The van der Waals surface area contributed by atoms with Crippen LogP contribution in [-0.2, 0) is 43.6 Å². The quantitative estimate of drug-likeness (QED) is 0.0323. The van der Waals surface area contributed by atoms with Crippen molar-refractivity contribution < 1.29 is 33.3 Å². The predicted octanol–water partition coefficient (Wildman–Crippen LogP) is 13.0. The largest absolute Gasteiger partial charge is 0.493 e. The Morgan fingerprint density at radius 3 is 1.77 bits per heavy atom. The number of hydrogen-bond donors (Lipinski definition) is 0. The van der Waals surface area contributed by atoms with E-state index in [4.69, 9.17) is 38.7 Å². The summed E-state index contributed by atoms with van der Waals surface area (Å²) in [7, 11) is 4.43. The van der Waals surface area contributed by atoms with Gasteiger partial charge in [-0.3, -0.25) is 19.8 Å². The number of aliphatic imine (C=N–C) groups is 2. The maximum Gasteiger partial charge on any atom is 0.337 e. The molecular formula is C56H67N3O7. The first-order valence-electron chi connectivity index (χ1n) is 23.1. The van der Waals surface area contributed by atoms with Crippen molar-refractivity contribution in [3.63, 3.8) is 0 Å². The molecule has 3 atom stereocenters. The molecule has 0 aliphatic carbocycles. The fourth-order valence-electron chi connectivity index (χ4n) is 8.06. The molecule has 0 N–H and O–H groups in total. The van der Waals surface area contributed by atoms with Gasteiger partial charge in [0.15, 0.2) is 29.3 Å². The van der Waals surface area contributed by atoms with Gasteiger partial charge in [-0.25, -0.2) is 4.79 Å². The van der Waals surface area contributed by atoms with Crippen LogP contribution in [0.5, 0.6) is 23.0 Å². The smallest absolute Gasteiger partial charge is 0.337 e. The van der Waals surface area contributed by atoms with Gasteiger partial charge >= 0.3 is 5.97 Å². The summed E-state index contributed by atoms with van der Waals surface area (Å²) in [4.78, 5) is 40.0. The number of aromatic nitrogens is 1. The molecule has 348 valence electrons. The molecular weight excluding hydrogens is 827 g/mol. The molecule has 5 rings (SSSR count). The number of esters is 1. The molecule has 3 unspecified atom stereocenters. The summed E-state index contributed by atoms with van der Waals surface area (Å²) in [5.41, 5.74) is 9.73. The van der Waals surface area contributed by atoms with Gasteiger partial charge in [0, 0.05) is 41.6 Å². The summed E-state index contributed by atoms with van der Waals surface area (Å²) in [6, 6.07) is 27.4. The molecule has 10 heteroatoms. The zero-order valence-electron chi connectivity index (χ0n) is 40.3. The van der Waals surface area contributed by atoms with E-state index in [-0.39, 0.29) is 30.6 Å². The standard InChI is InChI=1S/C56H67N3O7/c1-11-19-39(24-42-22-17-15-20-40(42)13-3)32-57-51-31-55(53(63-9)29-49(51)37(5)6)66-36-48-27-44(56(61)64-10)26-47(59-48)35-65-54-30-50(46(34-60)28-52(54)62-8)58-33-45(38(7)12-2)25-43-23-18-16-21-41(43)14-4/h15-18,20-23,26-34,38-39,45H,5,11-14,19,24-25,35-36H2,1-4,6-10H3. The Labute approximate surface area is 392 Å². The van der Waals surface area contributed by atoms with E-state index in [1.807, 2.05) is 25.3 Å². The number of nitrogens with zero attached hydrogens (tertiary/aromatic N) is 3. The molecule has 0 bridgehead atoms. The van der Waals surface area contributed by atoms with Gasteiger partial charge in [0.1, 0.15) is 13.2 Å². The lowest BCUT2D eigenvalue weighted by Crippen LogP contribution is -2.16. The molecule has 0 saturated heterocycles. The van der Waals surface area contributed by atoms with Gasteiger partial charge in [0.25, 0.3) is 0 Å². The van der Waals surface area contributed by atoms with Crippen LogP contribution in [-0.4, -0.2) is 51.0 Å². The van der Waals surface area contributed by atoms with Crippen LogP contribution in [0.25, 0.3) is 5.57 Å². The molecule has 1 heterocycles. The van der Waals surface area contributed by atoms with Gasteiger partial charge in [-0.1, -0.05) is 103 Å². The van der Waals surface area contributed by atoms with Gasteiger partial charge in [0.2, 0.25) is 0 Å². The first-order valence-corrected chi connectivity index (χ1v) is 23.1. The lowest BCUT2D eigenvalue weighted by molar-refractivity contribution is 0.0600. The summed E-state index contributed by atoms with van der Waals surface area (Å²) in [5.74, 6) is 1.88. The number of rotatable bonds is 25. The maximum absolute atomic E-state index is 13.0. The monoisotopic (exact) mass is 893 g/mol. The van der Waals surface area contributed by atoms with E-state index < -0.39 is 5.97 Å². The summed E-state index contributed by atoms with van der Waals surface area (Å²) >= 11 is 0. The zero-order chi connectivity index (χ0) is 47.6. The summed E-state index contributed by atoms with van der Waals surface area (Å²) in [6.45, 7) is 17.1. The number of carbonyl (C=O) groups is 2. The minimum atomic E-state index is -0.537. The third-order valence-electron chi connectivity index (χ3n) is 12.1. The second kappa shape index (κ2) is 25.2. The van der Waals surface area contributed by atoms with E-state index in [9.17, 15) is 9.59 Å². The van der Waals surface area contributed by atoms with Gasteiger partial charge in [0.05, 0.1) is 49.7 Å². The first kappa shape index (κ1) is 50.4. The number of ether oxygens (including phenoxy) is 5. The van der Waals surface area contributed by atoms with Crippen LogP contribution in [0.2, 0.25) is 0 Å². The van der Waals surface area contributed by atoms with Crippen molar-refractivity contribution in [3.05, 3.63) is 142 Å². The van der Waals surface area contributed by atoms with Crippen molar-refractivity contribution in [2.75, 3.05) is 21.3 Å². The number of carbonyl (C=O) groups excluding carboxylic acids is 2. The van der Waals surface area contributed by atoms with Crippen molar-refractivity contribution in [2.45, 2.75) is 99.7 Å². The molecule has 5 aromatic rings. The van der Waals surface area contributed by atoms with Crippen molar-refractivity contribution in [2.24, 2.45) is 27.7 Å². The van der Waals surface area contributed by atoms with Crippen LogP contribution in [0, 0.1) is 17.8 Å². The number of allylic oxidation sites excluding steroid dienone is 1.